The van der Waals surface area contributed by atoms with Crippen LogP contribution in [0.1, 0.15) is 29.8 Å². The Bertz CT molecular complexity index is 1060. The summed E-state index contributed by atoms with van der Waals surface area (Å²) in [6, 6.07) is 11.9. The lowest BCUT2D eigenvalue weighted by Crippen LogP contribution is -2.43. The lowest BCUT2D eigenvalue weighted by atomic mass is 9.84. The topological polar surface area (TPSA) is 90.3 Å². The number of rotatable bonds is 2. The molecular weight excluding hydrogens is 373 g/mol. The third-order valence-corrected chi connectivity index (χ3v) is 4.95. The highest BCUT2D eigenvalue weighted by Gasteiger charge is 2.38. The summed E-state index contributed by atoms with van der Waals surface area (Å²) in [5, 5.41) is 30.7. The highest BCUT2D eigenvalue weighted by atomic mass is 19.4. The van der Waals surface area contributed by atoms with E-state index in [0.29, 0.717) is 47.4 Å². The number of alkyl halides is 3. The Kier molecular flexibility index (Phi) is 4.19. The first-order chi connectivity index (χ1) is 13.3. The average Bonchev–Trinajstić information content (AvgIpc) is 3.12. The molecule has 10 heteroatoms. The van der Waals surface area contributed by atoms with E-state index in [9.17, 15) is 18.3 Å². The van der Waals surface area contributed by atoms with E-state index in [1.807, 2.05) is 4.90 Å². The summed E-state index contributed by atoms with van der Waals surface area (Å²) in [5.74, 6) is -0.822. The number of halogens is 3. The van der Waals surface area contributed by atoms with Gasteiger partial charge in [0.25, 0.3) is 5.82 Å². The number of piperidine rings is 1. The maximum atomic E-state index is 13.0. The Morgan fingerprint density at radius 2 is 1.86 bits per heavy atom. The van der Waals surface area contributed by atoms with Gasteiger partial charge in [-0.15, -0.1) is 15.3 Å². The van der Waals surface area contributed by atoms with E-state index in [1.165, 1.54) is 6.07 Å². The van der Waals surface area contributed by atoms with Crippen LogP contribution < -0.4 is 4.90 Å². The van der Waals surface area contributed by atoms with Crippen molar-refractivity contribution in [3.63, 3.8) is 0 Å². The van der Waals surface area contributed by atoms with Crippen LogP contribution in [0.5, 0.6) is 0 Å². The molecule has 1 N–H and O–H groups in total. The monoisotopic (exact) mass is 388 g/mol. The first-order valence-electron chi connectivity index (χ1n) is 8.58. The van der Waals surface area contributed by atoms with E-state index in [0.717, 1.165) is 0 Å². The molecule has 144 valence electrons. The zero-order chi connectivity index (χ0) is 19.9. The molecule has 0 bridgehead atoms. The predicted molar refractivity (Wildman–Crippen MR) is 92.3 cm³/mol. The van der Waals surface area contributed by atoms with Gasteiger partial charge in [-0.25, -0.2) is 0 Å². The van der Waals surface area contributed by atoms with Gasteiger partial charge < -0.3 is 10.0 Å². The Labute approximate surface area is 157 Å². The van der Waals surface area contributed by atoms with Crippen molar-refractivity contribution in [1.82, 2.24) is 19.8 Å². The Morgan fingerprint density at radius 3 is 2.54 bits per heavy atom. The van der Waals surface area contributed by atoms with Gasteiger partial charge in [0.15, 0.2) is 5.65 Å². The zero-order valence-electron chi connectivity index (χ0n) is 14.6. The second-order valence-electron chi connectivity index (χ2n) is 6.69. The summed E-state index contributed by atoms with van der Waals surface area (Å²) >= 11 is 0. The molecule has 0 spiro atoms. The van der Waals surface area contributed by atoms with Gasteiger partial charge in [-0.3, -0.25) is 0 Å². The average molecular weight is 388 g/mol. The molecule has 0 saturated carbocycles. The molecule has 1 fully saturated rings. The number of benzene rings is 1. The highest BCUT2D eigenvalue weighted by Crippen LogP contribution is 2.35. The van der Waals surface area contributed by atoms with Crippen molar-refractivity contribution in [3.8, 4) is 6.07 Å². The van der Waals surface area contributed by atoms with Crippen molar-refractivity contribution in [2.75, 3.05) is 18.0 Å². The maximum absolute atomic E-state index is 13.0. The third kappa shape index (κ3) is 3.14. The summed E-state index contributed by atoms with van der Waals surface area (Å²) < 4.78 is 39.8. The highest BCUT2D eigenvalue weighted by molar-refractivity contribution is 5.47. The van der Waals surface area contributed by atoms with Gasteiger partial charge in [-0.05, 0) is 42.7 Å². The number of aromatic nitrogens is 4. The van der Waals surface area contributed by atoms with Crippen molar-refractivity contribution in [2.24, 2.45) is 0 Å². The lowest BCUT2D eigenvalue weighted by Gasteiger charge is -2.39. The second kappa shape index (κ2) is 6.45. The van der Waals surface area contributed by atoms with Crippen LogP contribution in [0.15, 0.2) is 36.4 Å². The molecule has 28 heavy (non-hydrogen) atoms. The fourth-order valence-corrected chi connectivity index (χ4v) is 3.40. The largest absolute Gasteiger partial charge is 0.453 e. The van der Waals surface area contributed by atoms with Gasteiger partial charge in [-0.1, -0.05) is 12.1 Å². The summed E-state index contributed by atoms with van der Waals surface area (Å²) in [7, 11) is 0. The smallest absolute Gasteiger partial charge is 0.385 e. The third-order valence-electron chi connectivity index (χ3n) is 4.95. The zero-order valence-corrected chi connectivity index (χ0v) is 14.6. The van der Waals surface area contributed by atoms with Crippen LogP contribution >= 0.6 is 0 Å². The van der Waals surface area contributed by atoms with Crippen LogP contribution in [0.4, 0.5) is 19.0 Å². The second-order valence-corrected chi connectivity index (χ2v) is 6.69. The fraction of sp³-hybridized carbons (Fsp3) is 0.333. The molecule has 7 nitrogen and oxygen atoms in total. The number of nitriles is 1. The van der Waals surface area contributed by atoms with E-state index < -0.39 is 17.6 Å². The lowest BCUT2D eigenvalue weighted by molar-refractivity contribution is -0.146. The Hall–Kier alpha value is -3.19. The van der Waals surface area contributed by atoms with Crippen molar-refractivity contribution in [3.05, 3.63) is 53.3 Å². The number of anilines is 1. The van der Waals surface area contributed by atoms with Gasteiger partial charge in [0.1, 0.15) is 5.82 Å². The minimum absolute atomic E-state index is 0.0120. The molecule has 2 aromatic heterocycles. The molecule has 1 saturated heterocycles. The fourth-order valence-electron chi connectivity index (χ4n) is 3.40. The molecular formula is C18H15F3N6O. The van der Waals surface area contributed by atoms with E-state index in [2.05, 4.69) is 21.4 Å². The van der Waals surface area contributed by atoms with Crippen LogP contribution in [0, 0.1) is 11.3 Å². The molecule has 0 amide bonds. The van der Waals surface area contributed by atoms with Crippen LogP contribution in [0.2, 0.25) is 0 Å². The molecule has 3 heterocycles. The number of hydrogen-bond donors (Lipinski definition) is 1. The van der Waals surface area contributed by atoms with Crippen molar-refractivity contribution in [2.45, 2.75) is 24.6 Å². The summed E-state index contributed by atoms with van der Waals surface area (Å²) in [6.07, 6.45) is -3.94. The molecule has 1 aliphatic heterocycles. The minimum atomic E-state index is -4.65. The van der Waals surface area contributed by atoms with E-state index in [-0.39, 0.29) is 5.65 Å². The molecule has 0 unspecified atom stereocenters. The van der Waals surface area contributed by atoms with E-state index >= 15 is 0 Å². The van der Waals surface area contributed by atoms with Gasteiger partial charge >= 0.3 is 6.18 Å². The summed E-state index contributed by atoms with van der Waals surface area (Å²) in [4.78, 5) is 1.81. The molecule has 3 aromatic rings. The Morgan fingerprint density at radius 1 is 1.11 bits per heavy atom. The van der Waals surface area contributed by atoms with Crippen molar-refractivity contribution >= 4 is 11.5 Å². The van der Waals surface area contributed by atoms with Gasteiger partial charge in [-0.2, -0.15) is 22.9 Å². The van der Waals surface area contributed by atoms with Crippen LogP contribution in [-0.2, 0) is 11.8 Å². The molecule has 0 aliphatic carbocycles. The maximum Gasteiger partial charge on any atom is 0.453 e. The summed E-state index contributed by atoms with van der Waals surface area (Å²) in [5.41, 5.74) is 0.0414. The Balaban J connectivity index is 1.57. The van der Waals surface area contributed by atoms with E-state index in [4.69, 9.17) is 5.26 Å². The molecule has 0 atom stereocenters. The van der Waals surface area contributed by atoms with Gasteiger partial charge in [0.2, 0.25) is 0 Å². The first-order valence-corrected chi connectivity index (χ1v) is 8.58. The van der Waals surface area contributed by atoms with Crippen molar-refractivity contribution in [1.29, 1.82) is 5.26 Å². The molecule has 1 aliphatic rings. The summed E-state index contributed by atoms with van der Waals surface area (Å²) in [6.45, 7) is 0.796. The SMILES string of the molecule is N#Cc1cccc(C2(O)CCN(c3ccc4nnc(C(F)(F)F)n4n3)CC2)c1. The number of hydrogen-bond acceptors (Lipinski definition) is 6. The quantitative estimate of drug-likeness (QED) is 0.726. The molecule has 1 aromatic carbocycles. The van der Waals surface area contributed by atoms with Crippen molar-refractivity contribution < 1.29 is 18.3 Å². The van der Waals surface area contributed by atoms with Gasteiger partial charge in [0.05, 0.1) is 17.2 Å². The molecule has 0 radical (unpaired) electrons. The number of aliphatic hydroxyl groups is 1. The van der Waals surface area contributed by atoms with Crippen LogP contribution in [-0.4, -0.2) is 38.0 Å². The van der Waals surface area contributed by atoms with E-state index in [1.54, 1.807) is 30.3 Å². The normalized spacial score (nSPS) is 16.9. The minimum Gasteiger partial charge on any atom is -0.385 e. The number of fused-ring (bicyclic) bond motifs is 1. The van der Waals surface area contributed by atoms with Gasteiger partial charge in [0, 0.05) is 13.1 Å². The van der Waals surface area contributed by atoms with Crippen LogP contribution in [0.3, 0.4) is 0 Å². The first kappa shape index (κ1) is 18.2. The molecule has 4 rings (SSSR count). The van der Waals surface area contributed by atoms with Crippen LogP contribution in [0.25, 0.3) is 5.65 Å². The number of nitrogens with zero attached hydrogens (tertiary/aromatic N) is 6. The standard InChI is InChI=1S/C18H15F3N6O/c19-18(20,21)16-24-23-14-4-5-15(25-27(14)16)26-8-6-17(28,7-9-26)13-3-1-2-12(10-13)11-22/h1-5,10,28H,6-9H2. The predicted octanol–water partition coefficient (Wildman–Crippen LogP) is 2.50.